The van der Waals surface area contributed by atoms with E-state index in [9.17, 15) is 0 Å². The number of rotatable bonds is 3. The van der Waals surface area contributed by atoms with Crippen molar-refractivity contribution in [1.82, 2.24) is 9.13 Å². The summed E-state index contributed by atoms with van der Waals surface area (Å²) in [5, 5.41) is 4.34. The highest BCUT2D eigenvalue weighted by molar-refractivity contribution is 6.21. The van der Waals surface area contributed by atoms with Gasteiger partial charge in [0.2, 0.25) is 0 Å². The summed E-state index contributed by atoms with van der Waals surface area (Å²) in [7, 11) is 0. The van der Waals surface area contributed by atoms with Crippen LogP contribution in [0.25, 0.3) is 66.1 Å². The molecule has 0 aliphatic rings. The van der Waals surface area contributed by atoms with Crippen molar-refractivity contribution in [3.8, 4) is 22.5 Å². The van der Waals surface area contributed by atoms with Crippen molar-refractivity contribution in [2.24, 2.45) is 0 Å². The molecule has 2 heterocycles. The van der Waals surface area contributed by atoms with E-state index in [1.165, 1.54) is 0 Å². The summed E-state index contributed by atoms with van der Waals surface area (Å²) in [6.45, 7) is 0. The molecule has 4 nitrogen and oxygen atoms in total. The van der Waals surface area contributed by atoms with Crippen molar-refractivity contribution in [2.45, 2.75) is 0 Å². The highest BCUT2D eigenvalue weighted by Crippen LogP contribution is 2.45. The highest BCUT2D eigenvalue weighted by atomic mass is 15.0. The minimum absolute atomic E-state index is 0.737. The molecule has 0 saturated heterocycles. The highest BCUT2D eigenvalue weighted by Gasteiger charge is 2.21. The third-order valence-electron chi connectivity index (χ3n) is 8.08. The molecule has 2 aromatic heterocycles. The summed E-state index contributed by atoms with van der Waals surface area (Å²) in [6, 6.07) is 46.3. The van der Waals surface area contributed by atoms with Gasteiger partial charge in [0.25, 0.3) is 0 Å². The van der Waals surface area contributed by atoms with E-state index in [-0.39, 0.29) is 0 Å². The molecule has 0 unspecified atom stereocenters. The van der Waals surface area contributed by atoms with Crippen LogP contribution in [0.3, 0.4) is 0 Å². The first-order valence-corrected chi connectivity index (χ1v) is 13.5. The summed E-state index contributed by atoms with van der Waals surface area (Å²) in [4.78, 5) is 0. The molecule has 0 atom stereocenters. The lowest BCUT2D eigenvalue weighted by atomic mass is 9.96. The molecule has 0 fully saturated rings. The molecule has 8 rings (SSSR count). The van der Waals surface area contributed by atoms with Crippen LogP contribution in [0.2, 0.25) is 0 Å². The molecule has 190 valence electrons. The predicted molar refractivity (Wildman–Crippen MR) is 169 cm³/mol. The van der Waals surface area contributed by atoms with Gasteiger partial charge in [0.1, 0.15) is 0 Å². The minimum atomic E-state index is 0.737. The zero-order chi connectivity index (χ0) is 26.8. The van der Waals surface area contributed by atoms with E-state index in [1.807, 2.05) is 12.1 Å². The van der Waals surface area contributed by atoms with Crippen LogP contribution >= 0.6 is 0 Å². The first-order chi connectivity index (χ1) is 19.7. The average Bonchev–Trinajstić information content (AvgIpc) is 3.53. The Morgan fingerprint density at radius 2 is 0.725 bits per heavy atom. The van der Waals surface area contributed by atoms with E-state index in [4.69, 9.17) is 11.5 Å². The summed E-state index contributed by atoms with van der Waals surface area (Å²) < 4.78 is 4.57. The van der Waals surface area contributed by atoms with E-state index in [1.54, 1.807) is 0 Å². The van der Waals surface area contributed by atoms with Gasteiger partial charge in [-0.15, -0.1) is 0 Å². The topological polar surface area (TPSA) is 61.9 Å². The second kappa shape index (κ2) is 8.52. The Bertz CT molecular complexity index is 2060. The number of nitrogen functional groups attached to an aromatic ring is 2. The van der Waals surface area contributed by atoms with Crippen molar-refractivity contribution < 1.29 is 0 Å². The van der Waals surface area contributed by atoms with Crippen LogP contribution in [-0.4, -0.2) is 9.13 Å². The van der Waals surface area contributed by atoms with E-state index in [0.29, 0.717) is 0 Å². The fourth-order valence-electron chi connectivity index (χ4n) is 6.35. The van der Waals surface area contributed by atoms with E-state index >= 15 is 0 Å². The minimum Gasteiger partial charge on any atom is -0.398 e. The smallest absolute Gasteiger partial charge is 0.0562 e. The molecule has 0 aliphatic carbocycles. The summed E-state index contributed by atoms with van der Waals surface area (Å²) in [5.74, 6) is 0. The molecule has 0 bridgehead atoms. The Hall–Kier alpha value is -5.48. The number of nitrogens with zero attached hydrogens (tertiary/aromatic N) is 2. The quantitative estimate of drug-likeness (QED) is 0.232. The fraction of sp³-hybridized carbons (Fsp3) is 0. The van der Waals surface area contributed by atoms with Crippen LogP contribution in [0.15, 0.2) is 133 Å². The van der Waals surface area contributed by atoms with E-state index in [2.05, 4.69) is 130 Å². The number of benzene rings is 6. The molecule has 4 N–H and O–H groups in total. The van der Waals surface area contributed by atoms with Gasteiger partial charge >= 0.3 is 0 Å². The Kier molecular flexibility index (Phi) is 4.79. The van der Waals surface area contributed by atoms with Crippen molar-refractivity contribution in [2.75, 3.05) is 11.5 Å². The van der Waals surface area contributed by atoms with Gasteiger partial charge in [-0.3, -0.25) is 0 Å². The third-order valence-corrected chi connectivity index (χ3v) is 8.08. The number of hydrogen-bond acceptors (Lipinski definition) is 2. The van der Waals surface area contributed by atoms with Gasteiger partial charge in [0, 0.05) is 55.4 Å². The summed E-state index contributed by atoms with van der Waals surface area (Å²) >= 11 is 0. The van der Waals surface area contributed by atoms with Crippen LogP contribution in [0, 0.1) is 0 Å². The van der Waals surface area contributed by atoms with Gasteiger partial charge in [0.15, 0.2) is 0 Å². The maximum absolute atomic E-state index is 7.06. The SMILES string of the molecule is Nc1c(-c2ccc3c(c2N)c2ccccc2n3-c2ccccc2)ccc2c1c1ccccc1n2-c1ccccc1. The molecule has 40 heavy (non-hydrogen) atoms. The predicted octanol–water partition coefficient (Wildman–Crippen LogP) is 8.71. The summed E-state index contributed by atoms with van der Waals surface area (Å²) in [6.07, 6.45) is 0. The molecule has 0 radical (unpaired) electrons. The third kappa shape index (κ3) is 3.07. The number of para-hydroxylation sites is 4. The summed E-state index contributed by atoms with van der Waals surface area (Å²) in [5.41, 5.74) is 24.1. The monoisotopic (exact) mass is 514 g/mol. The average molecular weight is 515 g/mol. The van der Waals surface area contributed by atoms with Crippen LogP contribution in [0.4, 0.5) is 11.4 Å². The van der Waals surface area contributed by atoms with Crippen LogP contribution < -0.4 is 11.5 Å². The molecule has 4 heteroatoms. The molecule has 0 amide bonds. The van der Waals surface area contributed by atoms with Gasteiger partial charge in [0.05, 0.1) is 22.1 Å². The Labute approximate surface area is 231 Å². The van der Waals surface area contributed by atoms with Crippen molar-refractivity contribution >= 4 is 55.0 Å². The van der Waals surface area contributed by atoms with Crippen molar-refractivity contribution in [1.29, 1.82) is 0 Å². The van der Waals surface area contributed by atoms with E-state index in [0.717, 1.165) is 77.5 Å². The Balaban J connectivity index is 1.43. The van der Waals surface area contributed by atoms with Crippen LogP contribution in [-0.2, 0) is 0 Å². The van der Waals surface area contributed by atoms with Crippen LogP contribution in [0.1, 0.15) is 0 Å². The van der Waals surface area contributed by atoms with E-state index < -0.39 is 0 Å². The second-order valence-corrected chi connectivity index (χ2v) is 10.2. The zero-order valence-electron chi connectivity index (χ0n) is 21.8. The molecule has 0 saturated carbocycles. The normalized spacial score (nSPS) is 11.7. The number of anilines is 2. The second-order valence-electron chi connectivity index (χ2n) is 10.2. The fourth-order valence-corrected chi connectivity index (χ4v) is 6.35. The largest absolute Gasteiger partial charge is 0.398 e. The molecule has 8 aromatic rings. The number of nitrogens with two attached hydrogens (primary N) is 2. The van der Waals surface area contributed by atoms with Crippen molar-refractivity contribution in [3.63, 3.8) is 0 Å². The number of fused-ring (bicyclic) bond motifs is 6. The first kappa shape index (κ1) is 22.5. The zero-order valence-corrected chi connectivity index (χ0v) is 21.8. The first-order valence-electron chi connectivity index (χ1n) is 13.5. The molecular weight excluding hydrogens is 488 g/mol. The lowest BCUT2D eigenvalue weighted by Gasteiger charge is -2.13. The lowest BCUT2D eigenvalue weighted by molar-refractivity contribution is 1.18. The van der Waals surface area contributed by atoms with Gasteiger partial charge in [-0.05, 0) is 48.5 Å². The molecular formula is C36H26N4. The van der Waals surface area contributed by atoms with Gasteiger partial charge < -0.3 is 20.6 Å². The standard InChI is InChI=1S/C36H26N4/c37-35-25(19-21-31-33(35)27-15-7-9-17-29(27)39(31)23-11-3-1-4-12-23)26-20-22-32-34(36(26)38)28-16-8-10-18-30(28)40(32)24-13-5-2-6-14-24/h1-22H,37-38H2. The molecule has 0 aliphatic heterocycles. The number of hydrogen-bond donors (Lipinski definition) is 2. The Morgan fingerprint density at radius 3 is 1.15 bits per heavy atom. The van der Waals surface area contributed by atoms with Gasteiger partial charge in [-0.2, -0.15) is 0 Å². The number of aromatic nitrogens is 2. The maximum atomic E-state index is 7.06. The molecule has 6 aromatic carbocycles. The Morgan fingerprint density at radius 1 is 0.350 bits per heavy atom. The molecule has 0 spiro atoms. The van der Waals surface area contributed by atoms with Gasteiger partial charge in [-0.1, -0.05) is 84.9 Å². The van der Waals surface area contributed by atoms with Crippen LogP contribution in [0.5, 0.6) is 0 Å². The maximum Gasteiger partial charge on any atom is 0.0562 e. The lowest BCUT2D eigenvalue weighted by Crippen LogP contribution is -1.98. The van der Waals surface area contributed by atoms with Gasteiger partial charge in [-0.25, -0.2) is 0 Å². The van der Waals surface area contributed by atoms with Crippen molar-refractivity contribution in [3.05, 3.63) is 133 Å².